The average Bonchev–Trinajstić information content (AvgIpc) is 3.09. The number of hydrogen-bond acceptors (Lipinski definition) is 2. The van der Waals surface area contributed by atoms with Crippen molar-refractivity contribution in [3.63, 3.8) is 0 Å². The van der Waals surface area contributed by atoms with Gasteiger partial charge in [0, 0.05) is 35.9 Å². The summed E-state index contributed by atoms with van der Waals surface area (Å²) in [6.45, 7) is 4.45. The Hall–Kier alpha value is -0.730. The van der Waals surface area contributed by atoms with Crippen molar-refractivity contribution in [1.82, 2.24) is 5.32 Å². The van der Waals surface area contributed by atoms with Crippen molar-refractivity contribution in [3.8, 4) is 0 Å². The second-order valence-corrected chi connectivity index (χ2v) is 6.05. The molecule has 1 aliphatic carbocycles. The van der Waals surface area contributed by atoms with Gasteiger partial charge in [-0.1, -0.05) is 17.7 Å². The lowest BCUT2D eigenvalue weighted by atomic mass is 10.1. The summed E-state index contributed by atoms with van der Waals surface area (Å²) in [7, 11) is 0. The SMILES string of the molecule is CC1CCCN1c1cc(Cl)ccc1CNC1CC1. The van der Waals surface area contributed by atoms with E-state index in [0.29, 0.717) is 6.04 Å². The molecule has 1 aromatic carbocycles. The molecule has 1 aliphatic heterocycles. The monoisotopic (exact) mass is 264 g/mol. The van der Waals surface area contributed by atoms with Gasteiger partial charge in [0.25, 0.3) is 0 Å². The zero-order valence-corrected chi connectivity index (χ0v) is 11.7. The Balaban J connectivity index is 1.82. The van der Waals surface area contributed by atoms with Crippen LogP contribution in [0.3, 0.4) is 0 Å². The van der Waals surface area contributed by atoms with E-state index in [4.69, 9.17) is 11.6 Å². The first kappa shape index (κ1) is 12.3. The molecule has 2 aliphatic rings. The third-order valence-corrected chi connectivity index (χ3v) is 4.30. The number of benzene rings is 1. The number of nitrogens with zero attached hydrogens (tertiary/aromatic N) is 1. The van der Waals surface area contributed by atoms with Gasteiger partial charge < -0.3 is 10.2 Å². The van der Waals surface area contributed by atoms with Crippen LogP contribution in [-0.2, 0) is 6.54 Å². The molecule has 1 heterocycles. The van der Waals surface area contributed by atoms with Gasteiger partial charge >= 0.3 is 0 Å². The standard InChI is InChI=1S/C15H21ClN2/c1-11-3-2-8-18(11)15-9-13(16)5-4-12(15)10-17-14-6-7-14/h4-5,9,11,14,17H,2-3,6-8,10H2,1H3. The summed E-state index contributed by atoms with van der Waals surface area (Å²) >= 11 is 6.17. The van der Waals surface area contributed by atoms with E-state index >= 15 is 0 Å². The van der Waals surface area contributed by atoms with Crippen molar-refractivity contribution in [2.24, 2.45) is 0 Å². The van der Waals surface area contributed by atoms with Gasteiger partial charge in [-0.2, -0.15) is 0 Å². The average molecular weight is 265 g/mol. The molecule has 98 valence electrons. The van der Waals surface area contributed by atoms with Crippen LogP contribution in [0.15, 0.2) is 18.2 Å². The minimum absolute atomic E-state index is 0.642. The molecule has 0 amide bonds. The second kappa shape index (κ2) is 5.10. The van der Waals surface area contributed by atoms with Crippen LogP contribution in [0.5, 0.6) is 0 Å². The first-order valence-corrected chi connectivity index (χ1v) is 7.40. The Kier molecular flexibility index (Phi) is 3.49. The molecule has 1 N–H and O–H groups in total. The van der Waals surface area contributed by atoms with Gasteiger partial charge in [-0.25, -0.2) is 0 Å². The lowest BCUT2D eigenvalue weighted by Crippen LogP contribution is -2.28. The van der Waals surface area contributed by atoms with Crippen molar-refractivity contribution in [2.45, 2.75) is 51.2 Å². The Morgan fingerprint density at radius 1 is 1.33 bits per heavy atom. The third-order valence-electron chi connectivity index (χ3n) is 4.07. The van der Waals surface area contributed by atoms with Crippen LogP contribution in [0.25, 0.3) is 0 Å². The maximum Gasteiger partial charge on any atom is 0.0429 e. The maximum absolute atomic E-state index is 6.17. The summed E-state index contributed by atoms with van der Waals surface area (Å²) in [4.78, 5) is 2.51. The normalized spacial score (nSPS) is 23.7. The Morgan fingerprint density at radius 3 is 2.83 bits per heavy atom. The van der Waals surface area contributed by atoms with Crippen LogP contribution in [0.1, 0.15) is 38.2 Å². The molecule has 0 bridgehead atoms. The van der Waals surface area contributed by atoms with Crippen molar-refractivity contribution < 1.29 is 0 Å². The van der Waals surface area contributed by atoms with E-state index in [2.05, 4.69) is 29.3 Å². The van der Waals surface area contributed by atoms with Crippen LogP contribution < -0.4 is 10.2 Å². The fourth-order valence-corrected chi connectivity index (χ4v) is 2.95. The summed E-state index contributed by atoms with van der Waals surface area (Å²) in [6, 6.07) is 7.72. The molecule has 1 aromatic rings. The number of anilines is 1. The van der Waals surface area contributed by atoms with E-state index in [0.717, 1.165) is 24.2 Å². The van der Waals surface area contributed by atoms with Crippen LogP contribution in [-0.4, -0.2) is 18.6 Å². The molecule has 2 nitrogen and oxygen atoms in total. The van der Waals surface area contributed by atoms with Gasteiger partial charge in [-0.3, -0.25) is 0 Å². The quantitative estimate of drug-likeness (QED) is 0.894. The number of nitrogens with one attached hydrogen (secondary N) is 1. The molecule has 1 unspecified atom stereocenters. The second-order valence-electron chi connectivity index (χ2n) is 5.61. The highest BCUT2D eigenvalue weighted by molar-refractivity contribution is 6.30. The van der Waals surface area contributed by atoms with E-state index in [9.17, 15) is 0 Å². The maximum atomic E-state index is 6.17. The zero-order chi connectivity index (χ0) is 12.5. The van der Waals surface area contributed by atoms with Gasteiger partial charge in [0.05, 0.1) is 0 Å². The molecule has 3 heteroatoms. The highest BCUT2D eigenvalue weighted by Crippen LogP contribution is 2.31. The molecule has 1 saturated heterocycles. The van der Waals surface area contributed by atoms with Gasteiger partial charge in [0.1, 0.15) is 0 Å². The molecule has 0 aromatic heterocycles. The van der Waals surface area contributed by atoms with Crippen molar-refractivity contribution in [2.75, 3.05) is 11.4 Å². The Bertz CT molecular complexity index is 429. The third kappa shape index (κ3) is 2.65. The first-order valence-electron chi connectivity index (χ1n) is 7.02. The number of hydrogen-bond donors (Lipinski definition) is 1. The predicted molar refractivity (Wildman–Crippen MR) is 77.4 cm³/mol. The van der Waals surface area contributed by atoms with E-state index < -0.39 is 0 Å². The molecule has 18 heavy (non-hydrogen) atoms. The summed E-state index contributed by atoms with van der Waals surface area (Å²) in [5, 5.41) is 4.45. The fourth-order valence-electron chi connectivity index (χ4n) is 2.79. The summed E-state index contributed by atoms with van der Waals surface area (Å²) in [5.41, 5.74) is 2.72. The smallest absolute Gasteiger partial charge is 0.0429 e. The van der Waals surface area contributed by atoms with Crippen molar-refractivity contribution in [1.29, 1.82) is 0 Å². The number of rotatable bonds is 4. The molecule has 0 spiro atoms. The van der Waals surface area contributed by atoms with Crippen LogP contribution >= 0.6 is 11.6 Å². The minimum atomic E-state index is 0.642. The van der Waals surface area contributed by atoms with Crippen LogP contribution in [0.4, 0.5) is 5.69 Å². The summed E-state index contributed by atoms with van der Waals surface area (Å²) < 4.78 is 0. The van der Waals surface area contributed by atoms with E-state index in [1.54, 1.807) is 0 Å². The molecule has 1 atom stereocenters. The van der Waals surface area contributed by atoms with Gasteiger partial charge in [0.2, 0.25) is 0 Å². The molecule has 1 saturated carbocycles. The van der Waals surface area contributed by atoms with E-state index in [1.807, 2.05) is 6.07 Å². The lowest BCUT2D eigenvalue weighted by Gasteiger charge is -2.27. The molecular weight excluding hydrogens is 244 g/mol. The highest BCUT2D eigenvalue weighted by atomic mass is 35.5. The fraction of sp³-hybridized carbons (Fsp3) is 0.600. The van der Waals surface area contributed by atoms with E-state index in [1.165, 1.54) is 36.9 Å². The van der Waals surface area contributed by atoms with E-state index in [-0.39, 0.29) is 0 Å². The lowest BCUT2D eigenvalue weighted by molar-refractivity contribution is 0.679. The molecular formula is C15H21ClN2. The van der Waals surface area contributed by atoms with Crippen molar-refractivity contribution in [3.05, 3.63) is 28.8 Å². The predicted octanol–water partition coefficient (Wildman–Crippen LogP) is 3.58. The van der Waals surface area contributed by atoms with Gasteiger partial charge in [0.15, 0.2) is 0 Å². The first-order chi connectivity index (χ1) is 8.74. The van der Waals surface area contributed by atoms with Crippen molar-refractivity contribution >= 4 is 17.3 Å². The Morgan fingerprint density at radius 2 is 2.17 bits per heavy atom. The zero-order valence-electron chi connectivity index (χ0n) is 11.0. The highest BCUT2D eigenvalue weighted by Gasteiger charge is 2.24. The Labute approximate surface area is 114 Å². The number of halogens is 1. The summed E-state index contributed by atoms with van der Waals surface area (Å²) in [6.07, 6.45) is 5.26. The van der Waals surface area contributed by atoms with Gasteiger partial charge in [-0.05, 0) is 50.3 Å². The molecule has 0 radical (unpaired) electrons. The van der Waals surface area contributed by atoms with Crippen LogP contribution in [0, 0.1) is 0 Å². The van der Waals surface area contributed by atoms with Gasteiger partial charge in [-0.15, -0.1) is 0 Å². The molecule has 3 rings (SSSR count). The minimum Gasteiger partial charge on any atom is -0.369 e. The largest absolute Gasteiger partial charge is 0.369 e. The molecule has 2 fully saturated rings. The summed E-state index contributed by atoms with van der Waals surface area (Å²) in [5.74, 6) is 0. The topological polar surface area (TPSA) is 15.3 Å². The van der Waals surface area contributed by atoms with Crippen LogP contribution in [0.2, 0.25) is 5.02 Å².